The molecule has 1 fully saturated rings. The van der Waals surface area contributed by atoms with Crippen molar-refractivity contribution in [3.8, 4) is 11.1 Å². The minimum Gasteiger partial charge on any atom is -0.349 e. The fourth-order valence-corrected chi connectivity index (χ4v) is 5.17. The highest BCUT2D eigenvalue weighted by atomic mass is 19.4. The van der Waals surface area contributed by atoms with Gasteiger partial charge in [-0.25, -0.2) is 0 Å². The van der Waals surface area contributed by atoms with E-state index < -0.39 is 11.7 Å². The van der Waals surface area contributed by atoms with E-state index in [1.165, 1.54) is 12.1 Å². The monoisotopic (exact) mass is 498 g/mol. The maximum atomic E-state index is 13.2. The highest BCUT2D eigenvalue weighted by Crippen LogP contribution is 2.40. The summed E-state index contributed by atoms with van der Waals surface area (Å²) in [6.07, 6.45) is -4.40. The lowest BCUT2D eigenvalue weighted by Gasteiger charge is -2.33. The quantitative estimate of drug-likeness (QED) is 0.258. The van der Waals surface area contributed by atoms with Crippen molar-refractivity contribution < 1.29 is 18.0 Å². The topological polar surface area (TPSA) is 41.1 Å². The number of hydrogen-bond acceptors (Lipinski definition) is 2. The third kappa shape index (κ3) is 4.31. The van der Waals surface area contributed by atoms with E-state index in [0.717, 1.165) is 63.1 Å². The molecular weight excluding hydrogens is 473 g/mol. The van der Waals surface area contributed by atoms with Gasteiger partial charge in [-0.05, 0) is 92.8 Å². The first-order valence-corrected chi connectivity index (χ1v) is 12.4. The molecule has 1 heterocycles. The summed E-state index contributed by atoms with van der Waals surface area (Å²) in [4.78, 5) is 13.0. The Morgan fingerprint density at radius 1 is 0.838 bits per heavy atom. The fourth-order valence-electron chi connectivity index (χ4n) is 5.17. The zero-order chi connectivity index (χ0) is 25.7. The van der Waals surface area contributed by atoms with Crippen LogP contribution in [0.1, 0.15) is 22.8 Å². The molecule has 6 rings (SSSR count). The molecule has 6 heteroatoms. The first-order chi connectivity index (χ1) is 17.8. The van der Waals surface area contributed by atoms with Crippen LogP contribution in [-0.2, 0) is 6.18 Å². The lowest BCUT2D eigenvalue weighted by atomic mass is 9.89. The van der Waals surface area contributed by atoms with Crippen LogP contribution in [0.15, 0.2) is 84.9 Å². The van der Waals surface area contributed by atoms with Crippen LogP contribution in [0.3, 0.4) is 0 Å². The second-order valence-corrected chi connectivity index (χ2v) is 9.86. The molecule has 2 N–H and O–H groups in total. The number of rotatable bonds is 4. The minimum absolute atomic E-state index is 0.0649. The molecule has 1 atom stereocenters. The normalized spacial score (nSPS) is 15.1. The van der Waals surface area contributed by atoms with Crippen molar-refractivity contribution in [2.75, 3.05) is 13.1 Å². The highest BCUT2D eigenvalue weighted by Gasteiger charge is 2.30. The molecule has 37 heavy (non-hydrogen) atoms. The van der Waals surface area contributed by atoms with Gasteiger partial charge in [0.15, 0.2) is 0 Å². The molecule has 0 bridgehead atoms. The van der Waals surface area contributed by atoms with Crippen LogP contribution < -0.4 is 10.6 Å². The van der Waals surface area contributed by atoms with Crippen LogP contribution in [0.25, 0.3) is 43.4 Å². The second-order valence-electron chi connectivity index (χ2n) is 9.86. The summed E-state index contributed by atoms with van der Waals surface area (Å²) < 4.78 is 39.7. The minimum atomic E-state index is -4.40. The first-order valence-electron chi connectivity index (χ1n) is 12.4. The summed E-state index contributed by atoms with van der Waals surface area (Å²) in [5.74, 6) is 0.295. The van der Waals surface area contributed by atoms with Gasteiger partial charge in [0.05, 0.1) is 5.56 Å². The van der Waals surface area contributed by atoms with Crippen molar-refractivity contribution in [3.05, 3.63) is 96.1 Å². The molecule has 1 saturated heterocycles. The number of nitrogens with one attached hydrogen (secondary N) is 2. The molecule has 0 spiro atoms. The summed E-state index contributed by atoms with van der Waals surface area (Å²) in [5.41, 5.74) is 1.43. The Labute approximate surface area is 212 Å². The molecule has 0 radical (unpaired) electrons. The van der Waals surface area contributed by atoms with Gasteiger partial charge < -0.3 is 10.6 Å². The maximum Gasteiger partial charge on any atom is 0.416 e. The molecule has 1 amide bonds. The molecule has 5 aromatic carbocycles. The van der Waals surface area contributed by atoms with Crippen LogP contribution in [0.4, 0.5) is 13.2 Å². The van der Waals surface area contributed by atoms with Crippen LogP contribution >= 0.6 is 0 Å². The fraction of sp³-hybridized carbons (Fsp3) is 0.194. The van der Waals surface area contributed by atoms with Crippen molar-refractivity contribution >= 4 is 38.2 Å². The Morgan fingerprint density at radius 3 is 2.14 bits per heavy atom. The molecule has 1 aliphatic rings. The van der Waals surface area contributed by atoms with Crippen molar-refractivity contribution in [1.29, 1.82) is 0 Å². The molecule has 0 aliphatic carbocycles. The first kappa shape index (κ1) is 23.5. The summed E-state index contributed by atoms with van der Waals surface area (Å²) in [5, 5.41) is 12.1. The predicted octanol–water partition coefficient (Wildman–Crippen LogP) is 7.17. The Bertz CT molecular complexity index is 1650. The molecular formula is C31H25F3N2O. The van der Waals surface area contributed by atoms with Crippen molar-refractivity contribution in [1.82, 2.24) is 10.6 Å². The van der Waals surface area contributed by atoms with E-state index in [4.69, 9.17) is 0 Å². The van der Waals surface area contributed by atoms with Crippen LogP contribution in [0.5, 0.6) is 0 Å². The molecule has 3 nitrogen and oxygen atoms in total. The van der Waals surface area contributed by atoms with Gasteiger partial charge in [0, 0.05) is 30.6 Å². The third-order valence-corrected chi connectivity index (χ3v) is 7.46. The number of carbonyl (C=O) groups excluding carboxylic acids is 1. The second kappa shape index (κ2) is 8.89. The summed E-state index contributed by atoms with van der Waals surface area (Å²) >= 11 is 0. The van der Waals surface area contributed by atoms with E-state index in [2.05, 4.69) is 28.8 Å². The number of alkyl halides is 3. The third-order valence-electron chi connectivity index (χ3n) is 7.46. The number of hydrogen-bond donors (Lipinski definition) is 2. The molecule has 0 aromatic heterocycles. The number of fused-ring (bicyclic) bond motifs is 3. The number of amides is 1. The SMILES string of the molecule is C[C@@H](NC(=O)c1ccc2c(-c3ccc(C(F)(F)F)cc3)c3cc4ccccc4cc3cc2c1)C1CNC1. The van der Waals surface area contributed by atoms with E-state index in [-0.39, 0.29) is 11.9 Å². The summed E-state index contributed by atoms with van der Waals surface area (Å²) in [7, 11) is 0. The summed E-state index contributed by atoms with van der Waals surface area (Å²) in [6, 6.07) is 25.2. The standard InChI is InChI=1S/C31H25F3N2O/c1-18(25-16-35-17-25)36-30(37)22-8-11-27-23(13-22)14-24-12-20-4-2-3-5-21(20)15-28(24)29(27)19-6-9-26(10-7-19)31(32,33)34/h2-15,18,25,35H,16-17H2,1H3,(H,36,37)/t18-/m1/s1. The van der Waals surface area contributed by atoms with Crippen molar-refractivity contribution in [3.63, 3.8) is 0 Å². The smallest absolute Gasteiger partial charge is 0.349 e. The highest BCUT2D eigenvalue weighted by molar-refractivity contribution is 6.16. The Morgan fingerprint density at radius 2 is 1.49 bits per heavy atom. The van der Waals surface area contributed by atoms with Gasteiger partial charge in [0.2, 0.25) is 0 Å². The van der Waals surface area contributed by atoms with Gasteiger partial charge in [0.25, 0.3) is 5.91 Å². The largest absolute Gasteiger partial charge is 0.416 e. The van der Waals surface area contributed by atoms with Gasteiger partial charge in [-0.2, -0.15) is 13.2 Å². The Hall–Kier alpha value is -3.90. The predicted molar refractivity (Wildman–Crippen MR) is 143 cm³/mol. The van der Waals surface area contributed by atoms with Crippen molar-refractivity contribution in [2.45, 2.75) is 19.1 Å². The lowest BCUT2D eigenvalue weighted by Crippen LogP contribution is -2.53. The van der Waals surface area contributed by atoms with Crippen LogP contribution in [0.2, 0.25) is 0 Å². The van der Waals surface area contributed by atoms with Gasteiger partial charge in [-0.1, -0.05) is 42.5 Å². The zero-order valence-corrected chi connectivity index (χ0v) is 20.2. The molecule has 0 saturated carbocycles. The average molecular weight is 499 g/mol. The number of carbonyl (C=O) groups is 1. The van der Waals surface area contributed by atoms with E-state index >= 15 is 0 Å². The van der Waals surface area contributed by atoms with Crippen molar-refractivity contribution in [2.24, 2.45) is 5.92 Å². The summed E-state index contributed by atoms with van der Waals surface area (Å²) in [6.45, 7) is 3.82. The van der Waals surface area contributed by atoms with Gasteiger partial charge in [-0.15, -0.1) is 0 Å². The molecule has 0 unspecified atom stereocenters. The molecule has 186 valence electrons. The van der Waals surface area contributed by atoms with E-state index in [1.807, 2.05) is 43.3 Å². The molecule has 5 aromatic rings. The van der Waals surface area contributed by atoms with Crippen LogP contribution in [-0.4, -0.2) is 25.0 Å². The van der Waals surface area contributed by atoms with E-state index in [0.29, 0.717) is 17.0 Å². The maximum absolute atomic E-state index is 13.2. The number of halogens is 3. The Balaban J connectivity index is 1.52. The molecule has 1 aliphatic heterocycles. The number of benzene rings is 5. The van der Waals surface area contributed by atoms with E-state index in [9.17, 15) is 18.0 Å². The Kier molecular flexibility index (Phi) is 5.64. The zero-order valence-electron chi connectivity index (χ0n) is 20.2. The average Bonchev–Trinajstić information content (AvgIpc) is 2.84. The van der Waals surface area contributed by atoms with E-state index in [1.54, 1.807) is 6.07 Å². The van der Waals surface area contributed by atoms with Gasteiger partial charge in [-0.3, -0.25) is 4.79 Å². The lowest BCUT2D eigenvalue weighted by molar-refractivity contribution is -0.137. The van der Waals surface area contributed by atoms with Gasteiger partial charge >= 0.3 is 6.18 Å². The van der Waals surface area contributed by atoms with Gasteiger partial charge in [0.1, 0.15) is 0 Å². The van der Waals surface area contributed by atoms with Crippen LogP contribution in [0, 0.1) is 5.92 Å².